The maximum atomic E-state index is 0. The van der Waals surface area contributed by atoms with Gasteiger partial charge in [0.1, 0.15) is 0 Å². The smallest absolute Gasteiger partial charge is 1.00 e. The molecule has 5 heteroatoms. The normalized spacial score (nSPS) is 0. The molecule has 0 aromatic heterocycles. The van der Waals surface area contributed by atoms with E-state index >= 15 is 0 Å². The van der Waals surface area contributed by atoms with Crippen LogP contribution in [0.2, 0.25) is 0 Å². The fraction of sp³-hybridized carbons (Fsp3) is 0. The van der Waals surface area contributed by atoms with Crippen LogP contribution in [-0.4, -0.2) is 0 Å². The molecule has 0 aromatic carbocycles. The number of hydrogen-bond donors (Lipinski definition) is 0. The van der Waals surface area contributed by atoms with Crippen molar-refractivity contribution in [1.82, 2.24) is 0 Å². The summed E-state index contributed by atoms with van der Waals surface area (Å²) in [6.07, 6.45) is 0. The summed E-state index contributed by atoms with van der Waals surface area (Å²) in [4.78, 5) is 0. The van der Waals surface area contributed by atoms with Crippen LogP contribution >= 0.6 is 0 Å². The minimum absolute atomic E-state index is 0. The van der Waals surface area contributed by atoms with Crippen molar-refractivity contribution in [1.29, 1.82) is 0 Å². The predicted molar refractivity (Wildman–Crippen MR) is 0 cm³/mol. The van der Waals surface area contributed by atoms with Crippen molar-refractivity contribution in [2.45, 2.75) is 0 Å². The van der Waals surface area contributed by atoms with Crippen molar-refractivity contribution in [3.8, 4) is 0 Å². The van der Waals surface area contributed by atoms with Crippen LogP contribution in [0.15, 0.2) is 0 Å². The monoisotopic (exact) mass is 332 g/mol. The molecule has 0 saturated heterocycles. The van der Waals surface area contributed by atoms with Crippen LogP contribution in [0, 0.1) is 0 Å². The van der Waals surface area contributed by atoms with Gasteiger partial charge in [-0.25, -0.2) is 0 Å². The topological polar surface area (TPSA) is 0 Å². The molecule has 0 saturated carbocycles. The van der Waals surface area contributed by atoms with Crippen LogP contribution in [-0.2, 0) is 17.1 Å². The molecule has 0 rings (SSSR count). The zero-order valence-electron chi connectivity index (χ0n) is 2.49. The second-order valence-corrected chi connectivity index (χ2v) is 0. The maximum Gasteiger partial charge on any atom is 2.00 e. The van der Waals surface area contributed by atoms with Gasteiger partial charge in [0.25, 0.3) is 0 Å². The molecule has 0 nitrogen and oxygen atoms in total. The Labute approximate surface area is 116 Å². The summed E-state index contributed by atoms with van der Waals surface area (Å²) in [5.41, 5.74) is 0. The SMILES string of the molecule is [Br-].[Br-].[Br-].[Fe+2].[K+]. The number of rotatable bonds is 0. The molecule has 0 atom stereocenters. The van der Waals surface area contributed by atoms with Gasteiger partial charge in [-0.3, -0.25) is 0 Å². The molecule has 0 aromatic rings. The summed E-state index contributed by atoms with van der Waals surface area (Å²) in [5, 5.41) is 0. The molecule has 5 heavy (non-hydrogen) atoms. The van der Waals surface area contributed by atoms with Gasteiger partial charge in [0.15, 0.2) is 0 Å². The van der Waals surface area contributed by atoms with Crippen LogP contribution < -0.4 is 102 Å². The molecule has 0 N–H and O–H groups in total. The summed E-state index contributed by atoms with van der Waals surface area (Å²) in [7, 11) is 0. The van der Waals surface area contributed by atoms with E-state index in [2.05, 4.69) is 0 Å². The summed E-state index contributed by atoms with van der Waals surface area (Å²) in [6.45, 7) is 0. The van der Waals surface area contributed by atoms with Crippen molar-refractivity contribution < 1.29 is 119 Å². The number of hydrogen-bond acceptors (Lipinski definition) is 0. The molecule has 0 fully saturated rings. The molecule has 0 heterocycles. The van der Waals surface area contributed by atoms with E-state index in [4.69, 9.17) is 0 Å². The van der Waals surface area contributed by atoms with Crippen LogP contribution in [0.1, 0.15) is 0 Å². The minimum Gasteiger partial charge on any atom is -1.00 e. The van der Waals surface area contributed by atoms with Crippen molar-refractivity contribution in [3.63, 3.8) is 0 Å². The summed E-state index contributed by atoms with van der Waals surface area (Å²) >= 11 is 0. The van der Waals surface area contributed by atoms with Gasteiger partial charge >= 0.3 is 68.5 Å². The third-order valence-corrected chi connectivity index (χ3v) is 0. The molecule has 0 aliphatic rings. The van der Waals surface area contributed by atoms with Gasteiger partial charge in [-0.05, 0) is 0 Å². The third-order valence-electron chi connectivity index (χ3n) is 0. The first-order valence-electron chi connectivity index (χ1n) is 0. The quantitative estimate of drug-likeness (QED) is 0.386. The molecule has 30 valence electrons. The first-order valence-corrected chi connectivity index (χ1v) is 0. The van der Waals surface area contributed by atoms with Gasteiger partial charge in [-0.1, -0.05) is 0 Å². The Morgan fingerprint density at radius 3 is 0.600 bits per heavy atom. The van der Waals surface area contributed by atoms with Gasteiger partial charge in [0, 0.05) is 0 Å². The Hall–Kier alpha value is 3.60. The van der Waals surface area contributed by atoms with E-state index < -0.39 is 0 Å². The van der Waals surface area contributed by atoms with E-state index in [-0.39, 0.29) is 119 Å². The van der Waals surface area contributed by atoms with E-state index in [0.717, 1.165) is 0 Å². The minimum atomic E-state index is 0. The molecular formula is Br3FeK. The van der Waals surface area contributed by atoms with Gasteiger partial charge < -0.3 is 50.9 Å². The van der Waals surface area contributed by atoms with Crippen LogP contribution in [0.25, 0.3) is 0 Å². The van der Waals surface area contributed by atoms with Crippen molar-refractivity contribution in [2.24, 2.45) is 0 Å². The van der Waals surface area contributed by atoms with Crippen molar-refractivity contribution in [2.75, 3.05) is 0 Å². The Kier molecular flexibility index (Phi) is 196. The first kappa shape index (κ1) is 38.4. The second-order valence-electron chi connectivity index (χ2n) is 0. The molecule has 0 bridgehead atoms. The predicted octanol–water partition coefficient (Wildman–Crippen LogP) is -12.0. The van der Waals surface area contributed by atoms with Gasteiger partial charge in [0.2, 0.25) is 0 Å². The zero-order chi connectivity index (χ0) is 0. The van der Waals surface area contributed by atoms with Crippen molar-refractivity contribution >= 4 is 0 Å². The third kappa shape index (κ3) is 18.4. The molecule has 0 radical (unpaired) electrons. The van der Waals surface area contributed by atoms with Crippen LogP contribution in [0.4, 0.5) is 0 Å². The van der Waals surface area contributed by atoms with Gasteiger partial charge in [-0.15, -0.1) is 0 Å². The Balaban J connectivity index is 0. The summed E-state index contributed by atoms with van der Waals surface area (Å²) < 4.78 is 0. The van der Waals surface area contributed by atoms with Gasteiger partial charge in [-0.2, -0.15) is 0 Å². The second kappa shape index (κ2) is 25.6. The average molecular weight is 335 g/mol. The molecule has 0 unspecified atom stereocenters. The molecule has 0 amide bonds. The standard InChI is InChI=1S/3BrH.Fe.K/h3*1H;;/q;;;+2;+1/p-3. The fourth-order valence-electron chi connectivity index (χ4n) is 0. The Morgan fingerprint density at radius 1 is 0.600 bits per heavy atom. The summed E-state index contributed by atoms with van der Waals surface area (Å²) in [5.74, 6) is 0. The van der Waals surface area contributed by atoms with Crippen LogP contribution in [0.5, 0.6) is 0 Å². The van der Waals surface area contributed by atoms with E-state index in [9.17, 15) is 0 Å². The van der Waals surface area contributed by atoms with E-state index in [1.165, 1.54) is 0 Å². The van der Waals surface area contributed by atoms with E-state index in [1.807, 2.05) is 0 Å². The summed E-state index contributed by atoms with van der Waals surface area (Å²) in [6, 6.07) is 0. The molecule has 0 aliphatic heterocycles. The zero-order valence-corrected chi connectivity index (χ0v) is 11.5. The Morgan fingerprint density at radius 2 is 0.600 bits per heavy atom. The van der Waals surface area contributed by atoms with E-state index in [0.29, 0.717) is 0 Å². The fourth-order valence-corrected chi connectivity index (χ4v) is 0. The van der Waals surface area contributed by atoms with E-state index in [1.54, 1.807) is 0 Å². The Bertz CT molecular complexity index is 6.85. The van der Waals surface area contributed by atoms with Crippen LogP contribution in [0.3, 0.4) is 0 Å². The first-order chi connectivity index (χ1) is 0. The van der Waals surface area contributed by atoms with Gasteiger partial charge in [0.05, 0.1) is 0 Å². The molecule has 0 aliphatic carbocycles. The van der Waals surface area contributed by atoms with Crippen molar-refractivity contribution in [3.05, 3.63) is 0 Å². The molecular weight excluding hydrogens is 335 g/mol. The number of halogens is 3. The molecule has 0 spiro atoms. The average Bonchev–Trinajstić information content (AvgIpc) is 0. The maximum absolute atomic E-state index is 0. The largest absolute Gasteiger partial charge is 2.00 e.